The van der Waals surface area contributed by atoms with Gasteiger partial charge in [0.15, 0.2) is 18.2 Å². The minimum Gasteiger partial charge on any atom is -0.459 e. The van der Waals surface area contributed by atoms with Crippen LogP contribution in [-0.4, -0.2) is 69.5 Å². The first-order chi connectivity index (χ1) is 20.2. The normalized spacial score (nSPS) is 15.4. The van der Waals surface area contributed by atoms with Crippen LogP contribution >= 0.6 is 0 Å². The number of benzene rings is 2. The second-order valence-corrected chi connectivity index (χ2v) is 9.36. The molecule has 0 spiro atoms. The van der Waals surface area contributed by atoms with E-state index in [4.69, 9.17) is 9.15 Å². The van der Waals surface area contributed by atoms with E-state index in [0.29, 0.717) is 24.2 Å². The van der Waals surface area contributed by atoms with E-state index >= 15 is 0 Å². The Kier molecular flexibility index (Phi) is 8.31. The van der Waals surface area contributed by atoms with Gasteiger partial charge < -0.3 is 24.3 Å². The summed E-state index contributed by atoms with van der Waals surface area (Å²) < 4.78 is 61.7. The van der Waals surface area contributed by atoms with Crippen molar-refractivity contribution in [1.29, 1.82) is 0 Å². The smallest absolute Gasteiger partial charge is 0.422 e. The molecule has 1 fully saturated rings. The van der Waals surface area contributed by atoms with E-state index in [1.54, 1.807) is 58.3 Å². The third kappa shape index (κ3) is 7.00. The molecule has 1 unspecified atom stereocenters. The monoisotopic (exact) mass is 584 g/mol. The SMILES string of the molecule is O=CN1CCN(C(=O)c2ccco2)CC1c1ccc(-c2nc(NCc3ccc(F)cc3)nc(OCC(F)(F)F)n2)cc1. The number of aromatic nitrogens is 3. The first kappa shape index (κ1) is 28.5. The molecule has 0 bridgehead atoms. The minimum absolute atomic E-state index is 0.0424. The molecule has 5 rings (SSSR count). The maximum absolute atomic E-state index is 13.2. The lowest BCUT2D eigenvalue weighted by Gasteiger charge is -2.39. The summed E-state index contributed by atoms with van der Waals surface area (Å²) in [5, 5.41) is 2.90. The van der Waals surface area contributed by atoms with Crippen molar-refractivity contribution in [3.63, 3.8) is 0 Å². The van der Waals surface area contributed by atoms with Gasteiger partial charge in [0.05, 0.1) is 12.3 Å². The number of piperazine rings is 1. The van der Waals surface area contributed by atoms with Gasteiger partial charge in [0.25, 0.3) is 5.91 Å². The Balaban J connectivity index is 1.37. The molecule has 10 nitrogen and oxygen atoms in total. The van der Waals surface area contributed by atoms with Crippen LogP contribution in [0.2, 0.25) is 0 Å². The lowest BCUT2D eigenvalue weighted by molar-refractivity contribution is -0.154. The Hall–Kier alpha value is -5.01. The topological polar surface area (TPSA) is 114 Å². The van der Waals surface area contributed by atoms with Gasteiger partial charge in [0.1, 0.15) is 5.82 Å². The molecule has 0 saturated carbocycles. The molecule has 1 atom stereocenters. The Morgan fingerprint density at radius 3 is 2.48 bits per heavy atom. The maximum Gasteiger partial charge on any atom is 0.422 e. The number of rotatable bonds is 9. The first-order valence-corrected chi connectivity index (χ1v) is 12.8. The van der Waals surface area contributed by atoms with E-state index in [0.717, 1.165) is 12.0 Å². The molecule has 4 aromatic rings. The van der Waals surface area contributed by atoms with Gasteiger partial charge in [-0.25, -0.2) is 4.39 Å². The second kappa shape index (κ2) is 12.2. The molecular weight excluding hydrogens is 560 g/mol. The fourth-order valence-corrected chi connectivity index (χ4v) is 4.37. The van der Waals surface area contributed by atoms with E-state index in [2.05, 4.69) is 20.3 Å². The van der Waals surface area contributed by atoms with E-state index in [-0.39, 0.29) is 36.5 Å². The summed E-state index contributed by atoms with van der Waals surface area (Å²) in [5.74, 6) is -0.498. The Labute approximate surface area is 237 Å². The average molecular weight is 585 g/mol. The van der Waals surface area contributed by atoms with E-state index in [1.165, 1.54) is 18.4 Å². The van der Waals surface area contributed by atoms with Crippen LogP contribution in [0.5, 0.6) is 6.01 Å². The highest BCUT2D eigenvalue weighted by Crippen LogP contribution is 2.28. The molecule has 2 aromatic heterocycles. The van der Waals surface area contributed by atoms with Crippen molar-refractivity contribution in [1.82, 2.24) is 24.8 Å². The van der Waals surface area contributed by atoms with Crippen molar-refractivity contribution in [2.24, 2.45) is 0 Å². The number of nitrogens with one attached hydrogen (secondary N) is 1. The van der Waals surface area contributed by atoms with Gasteiger partial charge in [0, 0.05) is 31.7 Å². The second-order valence-electron chi connectivity index (χ2n) is 9.36. The van der Waals surface area contributed by atoms with Gasteiger partial charge in [0.2, 0.25) is 12.4 Å². The summed E-state index contributed by atoms with van der Waals surface area (Å²) in [7, 11) is 0. The van der Waals surface area contributed by atoms with E-state index < -0.39 is 30.7 Å². The molecular formula is C28H24F4N6O4. The molecule has 218 valence electrons. The summed E-state index contributed by atoms with van der Waals surface area (Å²) in [6.07, 6.45) is -2.47. The number of carbonyl (C=O) groups is 2. The predicted octanol–water partition coefficient (Wildman–Crippen LogP) is 4.48. The number of furan rings is 1. The standard InChI is InChI=1S/C28H24F4N6O4/c29-21-9-3-18(4-10-21)14-33-26-34-24(35-27(36-26)42-16-28(30,31)32)20-7-5-19(6-8-20)22-15-37(11-12-38(22)17-39)25(40)23-2-1-13-41-23/h1-10,13,17,22H,11-12,14-16H2,(H,33,34,35,36). The van der Waals surface area contributed by atoms with Gasteiger partial charge in [-0.2, -0.15) is 28.1 Å². The van der Waals surface area contributed by atoms with Crippen molar-refractivity contribution >= 4 is 18.3 Å². The summed E-state index contributed by atoms with van der Waals surface area (Å²) in [4.78, 5) is 40.1. The van der Waals surface area contributed by atoms with Gasteiger partial charge in [-0.3, -0.25) is 9.59 Å². The zero-order valence-electron chi connectivity index (χ0n) is 21.9. The van der Waals surface area contributed by atoms with Crippen molar-refractivity contribution in [3.05, 3.63) is 89.6 Å². The number of anilines is 1. The molecule has 1 aliphatic rings. The fourth-order valence-electron chi connectivity index (χ4n) is 4.37. The molecule has 14 heteroatoms. The number of nitrogens with zero attached hydrogens (tertiary/aromatic N) is 5. The largest absolute Gasteiger partial charge is 0.459 e. The molecule has 2 amide bonds. The predicted molar refractivity (Wildman–Crippen MR) is 141 cm³/mol. The highest BCUT2D eigenvalue weighted by Gasteiger charge is 2.32. The summed E-state index contributed by atoms with van der Waals surface area (Å²) in [6, 6.07) is 14.6. The number of hydrogen-bond acceptors (Lipinski definition) is 8. The first-order valence-electron chi connectivity index (χ1n) is 12.8. The molecule has 1 saturated heterocycles. The average Bonchev–Trinajstić information content (AvgIpc) is 3.54. The zero-order chi connectivity index (χ0) is 29.7. The summed E-state index contributed by atoms with van der Waals surface area (Å²) >= 11 is 0. The number of ether oxygens (including phenoxy) is 1. The van der Waals surface area contributed by atoms with Crippen LogP contribution in [0.15, 0.2) is 71.3 Å². The van der Waals surface area contributed by atoms with Crippen LogP contribution in [0.3, 0.4) is 0 Å². The molecule has 1 aliphatic heterocycles. The third-order valence-corrected chi connectivity index (χ3v) is 6.47. The molecule has 2 aromatic carbocycles. The van der Waals surface area contributed by atoms with Crippen LogP contribution in [0, 0.1) is 5.82 Å². The van der Waals surface area contributed by atoms with Gasteiger partial charge in [-0.1, -0.05) is 36.4 Å². The number of halogens is 4. The Bertz CT molecular complexity index is 1520. The van der Waals surface area contributed by atoms with Crippen LogP contribution < -0.4 is 10.1 Å². The van der Waals surface area contributed by atoms with Crippen LogP contribution in [-0.2, 0) is 11.3 Å². The zero-order valence-corrected chi connectivity index (χ0v) is 21.9. The van der Waals surface area contributed by atoms with Crippen LogP contribution in [0.4, 0.5) is 23.5 Å². The van der Waals surface area contributed by atoms with Gasteiger partial charge in [-0.15, -0.1) is 0 Å². The Morgan fingerprint density at radius 2 is 1.81 bits per heavy atom. The molecule has 0 radical (unpaired) electrons. The Morgan fingerprint density at radius 1 is 1.05 bits per heavy atom. The van der Waals surface area contributed by atoms with E-state index in [1.807, 2.05) is 0 Å². The van der Waals surface area contributed by atoms with Crippen molar-refractivity contribution in [3.8, 4) is 17.4 Å². The summed E-state index contributed by atoms with van der Waals surface area (Å²) in [5.41, 5.74) is 1.85. The van der Waals surface area contributed by atoms with Crippen molar-refractivity contribution < 1.29 is 36.3 Å². The lowest BCUT2D eigenvalue weighted by atomic mass is 10.0. The quantitative estimate of drug-likeness (QED) is 0.226. The highest BCUT2D eigenvalue weighted by atomic mass is 19.4. The number of carbonyl (C=O) groups excluding carboxylic acids is 2. The third-order valence-electron chi connectivity index (χ3n) is 6.47. The van der Waals surface area contributed by atoms with Crippen molar-refractivity contribution in [2.75, 3.05) is 31.6 Å². The summed E-state index contributed by atoms with van der Waals surface area (Å²) in [6.45, 7) is -0.539. The molecule has 0 aliphatic carbocycles. The highest BCUT2D eigenvalue weighted by molar-refractivity contribution is 5.91. The van der Waals surface area contributed by atoms with Gasteiger partial charge >= 0.3 is 12.2 Å². The van der Waals surface area contributed by atoms with E-state index in [9.17, 15) is 27.2 Å². The lowest BCUT2D eigenvalue weighted by Crippen LogP contribution is -2.49. The fraction of sp³-hybridized carbons (Fsp3) is 0.250. The molecule has 1 N–H and O–H groups in total. The molecule has 3 heterocycles. The molecule has 42 heavy (non-hydrogen) atoms. The minimum atomic E-state index is -4.60. The van der Waals surface area contributed by atoms with Crippen molar-refractivity contribution in [2.45, 2.75) is 18.8 Å². The number of amides is 2. The van der Waals surface area contributed by atoms with Crippen LogP contribution in [0.25, 0.3) is 11.4 Å². The van der Waals surface area contributed by atoms with Crippen LogP contribution in [0.1, 0.15) is 27.7 Å². The number of alkyl halides is 3. The number of hydrogen-bond donors (Lipinski definition) is 1. The van der Waals surface area contributed by atoms with Gasteiger partial charge in [-0.05, 0) is 35.4 Å². The maximum atomic E-state index is 13.2.